The van der Waals surface area contributed by atoms with E-state index in [1.54, 1.807) is 4.40 Å². The van der Waals surface area contributed by atoms with Gasteiger partial charge in [-0.25, -0.2) is 4.98 Å². The third kappa shape index (κ3) is 2.10. The van der Waals surface area contributed by atoms with Gasteiger partial charge in [-0.05, 0) is 37.8 Å². The fraction of sp³-hybridized carbons (Fsp3) is 0.438. The van der Waals surface area contributed by atoms with Crippen molar-refractivity contribution in [1.82, 2.24) is 14.7 Å². The quantitative estimate of drug-likeness (QED) is 0.930. The van der Waals surface area contributed by atoms with Crippen LogP contribution in [0.4, 0.5) is 5.82 Å². The van der Waals surface area contributed by atoms with E-state index in [0.717, 1.165) is 37.9 Å². The van der Waals surface area contributed by atoms with E-state index < -0.39 is 0 Å². The molecule has 1 saturated carbocycles. The fourth-order valence-corrected chi connectivity index (χ4v) is 3.11. The maximum Gasteiger partial charge on any atom is 0.242 e. The third-order valence-electron chi connectivity index (χ3n) is 4.37. The Kier molecular flexibility index (Phi) is 3.00. The molecular formula is C16H17N5O. The molecule has 2 fully saturated rings. The van der Waals surface area contributed by atoms with E-state index in [4.69, 9.17) is 0 Å². The van der Waals surface area contributed by atoms with Crippen molar-refractivity contribution in [2.24, 2.45) is 0 Å². The SMILES string of the molecule is N#Cc1c(N2CCC[C@@H]2C(=O)NC2CC2)nc2ccccn12. The lowest BCUT2D eigenvalue weighted by Crippen LogP contribution is -2.44. The van der Waals surface area contributed by atoms with Crippen molar-refractivity contribution >= 4 is 17.4 Å². The van der Waals surface area contributed by atoms with Crippen LogP contribution in [0.15, 0.2) is 24.4 Å². The first-order chi connectivity index (χ1) is 10.8. The van der Waals surface area contributed by atoms with Crippen LogP contribution in [0, 0.1) is 11.3 Å². The van der Waals surface area contributed by atoms with Crippen molar-refractivity contribution in [1.29, 1.82) is 5.26 Å². The summed E-state index contributed by atoms with van der Waals surface area (Å²) < 4.78 is 1.78. The highest BCUT2D eigenvalue weighted by molar-refractivity contribution is 5.86. The fourth-order valence-electron chi connectivity index (χ4n) is 3.11. The lowest BCUT2D eigenvalue weighted by atomic mass is 10.2. The second kappa shape index (κ2) is 5.02. The van der Waals surface area contributed by atoms with Crippen LogP contribution in [0.25, 0.3) is 5.65 Å². The molecule has 3 heterocycles. The molecule has 1 aliphatic carbocycles. The molecule has 1 atom stereocenters. The van der Waals surface area contributed by atoms with Crippen LogP contribution >= 0.6 is 0 Å². The van der Waals surface area contributed by atoms with Crippen LogP contribution in [0.5, 0.6) is 0 Å². The second-order valence-corrected chi connectivity index (χ2v) is 5.96. The Morgan fingerprint density at radius 3 is 3.00 bits per heavy atom. The number of rotatable bonds is 3. The number of nitriles is 1. The maximum atomic E-state index is 12.4. The van der Waals surface area contributed by atoms with E-state index in [1.807, 2.05) is 29.3 Å². The summed E-state index contributed by atoms with van der Waals surface area (Å²) in [4.78, 5) is 19.0. The summed E-state index contributed by atoms with van der Waals surface area (Å²) in [6, 6.07) is 8.03. The number of hydrogen-bond acceptors (Lipinski definition) is 4. The molecule has 0 radical (unpaired) electrons. The number of carbonyl (C=O) groups is 1. The Labute approximate surface area is 128 Å². The van der Waals surface area contributed by atoms with E-state index in [1.165, 1.54) is 0 Å². The largest absolute Gasteiger partial charge is 0.352 e. The number of amides is 1. The molecule has 6 heteroatoms. The van der Waals surface area contributed by atoms with E-state index in [0.29, 0.717) is 17.6 Å². The summed E-state index contributed by atoms with van der Waals surface area (Å²) in [6.07, 6.45) is 5.76. The molecule has 112 valence electrons. The average molecular weight is 295 g/mol. The number of anilines is 1. The number of carbonyl (C=O) groups excluding carboxylic acids is 1. The topological polar surface area (TPSA) is 73.4 Å². The van der Waals surface area contributed by atoms with Gasteiger partial charge in [-0.3, -0.25) is 9.20 Å². The first-order valence-corrected chi connectivity index (χ1v) is 7.72. The molecular weight excluding hydrogens is 278 g/mol. The molecule has 0 bridgehead atoms. The Hall–Kier alpha value is -2.55. The molecule has 6 nitrogen and oxygen atoms in total. The predicted octanol–water partition coefficient (Wildman–Crippen LogP) is 1.45. The molecule has 1 aliphatic heterocycles. The summed E-state index contributed by atoms with van der Waals surface area (Å²) in [7, 11) is 0. The minimum absolute atomic E-state index is 0.0703. The van der Waals surface area contributed by atoms with Gasteiger partial charge in [-0.2, -0.15) is 5.26 Å². The molecule has 22 heavy (non-hydrogen) atoms. The highest BCUT2D eigenvalue weighted by atomic mass is 16.2. The molecule has 2 aliphatic rings. The van der Waals surface area contributed by atoms with Gasteiger partial charge in [-0.1, -0.05) is 6.07 Å². The molecule has 2 aromatic rings. The minimum atomic E-state index is -0.211. The Morgan fingerprint density at radius 2 is 2.23 bits per heavy atom. The van der Waals surface area contributed by atoms with Crippen molar-refractivity contribution in [2.75, 3.05) is 11.4 Å². The first kappa shape index (κ1) is 13.1. The van der Waals surface area contributed by atoms with Gasteiger partial charge in [0.15, 0.2) is 11.5 Å². The molecule has 2 aromatic heterocycles. The van der Waals surface area contributed by atoms with Gasteiger partial charge in [0.2, 0.25) is 5.91 Å². The van der Waals surface area contributed by atoms with E-state index in [2.05, 4.69) is 16.4 Å². The van der Waals surface area contributed by atoms with Gasteiger partial charge in [0, 0.05) is 18.8 Å². The average Bonchev–Trinajstić information content (AvgIpc) is 3.09. The molecule has 0 spiro atoms. The molecule has 4 rings (SSSR count). The standard InChI is InChI=1S/C16H17N5O/c17-10-13-15(19-14-5-1-2-8-20(13)14)21-9-3-4-12(21)16(22)18-11-6-7-11/h1-2,5,8,11-12H,3-4,6-7,9H2,(H,18,22)/t12-/m1/s1. The van der Waals surface area contributed by atoms with Gasteiger partial charge in [-0.15, -0.1) is 0 Å². The van der Waals surface area contributed by atoms with Crippen LogP contribution in [0.2, 0.25) is 0 Å². The number of pyridine rings is 1. The summed E-state index contributed by atoms with van der Waals surface area (Å²) in [5.74, 6) is 0.697. The van der Waals surface area contributed by atoms with Crippen LogP contribution in [0.1, 0.15) is 31.4 Å². The third-order valence-corrected chi connectivity index (χ3v) is 4.37. The van der Waals surface area contributed by atoms with Gasteiger partial charge in [0.1, 0.15) is 17.8 Å². The smallest absolute Gasteiger partial charge is 0.242 e. The number of fused-ring (bicyclic) bond motifs is 1. The van der Waals surface area contributed by atoms with E-state index in [9.17, 15) is 10.1 Å². The predicted molar refractivity (Wildman–Crippen MR) is 81.4 cm³/mol. The maximum absolute atomic E-state index is 12.4. The Bertz CT molecular complexity index is 770. The molecule has 1 amide bonds. The van der Waals surface area contributed by atoms with Gasteiger partial charge >= 0.3 is 0 Å². The second-order valence-electron chi connectivity index (χ2n) is 5.96. The molecule has 0 unspecified atom stereocenters. The zero-order chi connectivity index (χ0) is 15.1. The van der Waals surface area contributed by atoms with Crippen molar-refractivity contribution in [3.05, 3.63) is 30.1 Å². The van der Waals surface area contributed by atoms with Gasteiger partial charge in [0.05, 0.1) is 0 Å². The number of nitrogens with zero attached hydrogens (tertiary/aromatic N) is 4. The van der Waals surface area contributed by atoms with E-state index >= 15 is 0 Å². The van der Waals surface area contributed by atoms with Gasteiger partial charge in [0.25, 0.3) is 0 Å². The van der Waals surface area contributed by atoms with Crippen molar-refractivity contribution in [3.63, 3.8) is 0 Å². The number of nitrogens with one attached hydrogen (secondary N) is 1. The number of aromatic nitrogens is 2. The Morgan fingerprint density at radius 1 is 1.36 bits per heavy atom. The lowest BCUT2D eigenvalue weighted by Gasteiger charge is -2.24. The molecule has 1 saturated heterocycles. The zero-order valence-corrected chi connectivity index (χ0v) is 12.2. The zero-order valence-electron chi connectivity index (χ0n) is 12.2. The highest BCUT2D eigenvalue weighted by Gasteiger charge is 2.36. The summed E-state index contributed by atoms with van der Waals surface area (Å²) in [5, 5.41) is 12.6. The Balaban J connectivity index is 1.70. The highest BCUT2D eigenvalue weighted by Crippen LogP contribution is 2.29. The lowest BCUT2D eigenvalue weighted by molar-refractivity contribution is -0.122. The van der Waals surface area contributed by atoms with Crippen LogP contribution in [0.3, 0.4) is 0 Å². The van der Waals surface area contributed by atoms with Crippen molar-refractivity contribution < 1.29 is 4.79 Å². The normalized spacial score (nSPS) is 21.0. The van der Waals surface area contributed by atoms with Crippen LogP contribution in [-0.4, -0.2) is 33.9 Å². The van der Waals surface area contributed by atoms with Gasteiger partial charge < -0.3 is 10.2 Å². The first-order valence-electron chi connectivity index (χ1n) is 7.72. The summed E-state index contributed by atoms with van der Waals surface area (Å²) >= 11 is 0. The molecule has 0 aromatic carbocycles. The van der Waals surface area contributed by atoms with E-state index in [-0.39, 0.29) is 11.9 Å². The monoisotopic (exact) mass is 295 g/mol. The minimum Gasteiger partial charge on any atom is -0.352 e. The van der Waals surface area contributed by atoms with Crippen LogP contribution in [-0.2, 0) is 4.79 Å². The summed E-state index contributed by atoms with van der Waals surface area (Å²) in [6.45, 7) is 0.765. The number of imidazole rings is 1. The van der Waals surface area contributed by atoms with Crippen molar-refractivity contribution in [3.8, 4) is 6.07 Å². The van der Waals surface area contributed by atoms with Crippen LogP contribution < -0.4 is 10.2 Å². The number of hydrogen-bond donors (Lipinski definition) is 1. The molecule has 1 N–H and O–H groups in total. The summed E-state index contributed by atoms with van der Waals surface area (Å²) in [5.41, 5.74) is 1.24. The van der Waals surface area contributed by atoms with Crippen molar-refractivity contribution in [2.45, 2.75) is 37.8 Å².